The first-order chi connectivity index (χ1) is 10.8. The minimum absolute atomic E-state index is 0.0914. The molecule has 2 heterocycles. The molecule has 22 heavy (non-hydrogen) atoms. The highest BCUT2D eigenvalue weighted by atomic mass is 16.6. The lowest BCUT2D eigenvalue weighted by Gasteiger charge is -2.18. The van der Waals surface area contributed by atoms with Crippen molar-refractivity contribution in [3.05, 3.63) is 35.9 Å². The summed E-state index contributed by atoms with van der Waals surface area (Å²) in [6.45, 7) is 3.97. The van der Waals surface area contributed by atoms with Gasteiger partial charge in [0.15, 0.2) is 0 Å². The largest absolute Gasteiger partial charge is 0.370 e. The number of rotatable bonds is 5. The second-order valence-electron chi connectivity index (χ2n) is 5.54. The summed E-state index contributed by atoms with van der Waals surface area (Å²) >= 11 is 0. The Hall–Kier alpha value is -1.63. The van der Waals surface area contributed by atoms with E-state index in [0.717, 1.165) is 5.56 Å². The Morgan fingerprint density at radius 1 is 1.23 bits per heavy atom. The molecule has 6 nitrogen and oxygen atoms in total. The minimum atomic E-state index is -0.186. The summed E-state index contributed by atoms with van der Waals surface area (Å²) in [4.78, 5) is 11.6. The Morgan fingerprint density at radius 2 is 2.00 bits per heavy atom. The van der Waals surface area contributed by atoms with E-state index < -0.39 is 0 Å². The minimum Gasteiger partial charge on any atom is -0.370 e. The molecule has 4 atom stereocenters. The summed E-state index contributed by atoms with van der Waals surface area (Å²) in [5, 5.41) is 5.61. The molecule has 6 heteroatoms. The molecule has 0 radical (unpaired) electrons. The van der Waals surface area contributed by atoms with E-state index in [-0.39, 0.29) is 30.4 Å². The Kier molecular flexibility index (Phi) is 4.92. The quantitative estimate of drug-likeness (QED) is 0.853. The van der Waals surface area contributed by atoms with Crippen LogP contribution in [0.5, 0.6) is 0 Å². The van der Waals surface area contributed by atoms with Gasteiger partial charge < -0.3 is 24.8 Å². The third kappa shape index (κ3) is 3.40. The SMILES string of the molecule is CCNC(=O)NC1COC2C(OCc3ccccc3)COC12. The van der Waals surface area contributed by atoms with Crippen LogP contribution < -0.4 is 10.6 Å². The van der Waals surface area contributed by atoms with Crippen molar-refractivity contribution in [3.63, 3.8) is 0 Å². The van der Waals surface area contributed by atoms with Crippen LogP contribution in [-0.2, 0) is 20.8 Å². The lowest BCUT2D eigenvalue weighted by atomic mass is 10.1. The number of ether oxygens (including phenoxy) is 3. The maximum absolute atomic E-state index is 11.6. The van der Waals surface area contributed by atoms with Gasteiger partial charge in [0.2, 0.25) is 0 Å². The second-order valence-corrected chi connectivity index (χ2v) is 5.54. The molecule has 2 amide bonds. The van der Waals surface area contributed by atoms with E-state index in [1.54, 1.807) is 0 Å². The summed E-state index contributed by atoms with van der Waals surface area (Å²) in [6, 6.07) is 9.71. The monoisotopic (exact) mass is 306 g/mol. The van der Waals surface area contributed by atoms with Crippen LogP contribution in [0.15, 0.2) is 30.3 Å². The molecule has 3 rings (SSSR count). The zero-order valence-electron chi connectivity index (χ0n) is 12.7. The number of amides is 2. The van der Waals surface area contributed by atoms with Gasteiger partial charge in [-0.3, -0.25) is 0 Å². The normalized spacial score (nSPS) is 30.0. The molecule has 1 aromatic rings. The fourth-order valence-electron chi connectivity index (χ4n) is 2.89. The number of carbonyl (C=O) groups is 1. The zero-order valence-corrected chi connectivity index (χ0v) is 12.7. The van der Waals surface area contributed by atoms with Crippen molar-refractivity contribution in [1.82, 2.24) is 10.6 Å². The van der Waals surface area contributed by atoms with Gasteiger partial charge in [-0.25, -0.2) is 4.79 Å². The molecule has 2 fully saturated rings. The molecule has 0 spiro atoms. The standard InChI is InChI=1S/C16H22N2O4/c1-2-17-16(19)18-12-9-21-15-13(10-22-14(12)15)20-8-11-6-4-3-5-7-11/h3-7,12-15H,2,8-10H2,1H3,(H2,17,18,19). The lowest BCUT2D eigenvalue weighted by Crippen LogP contribution is -2.48. The van der Waals surface area contributed by atoms with E-state index in [9.17, 15) is 4.79 Å². The van der Waals surface area contributed by atoms with Gasteiger partial charge in [-0.05, 0) is 12.5 Å². The topological polar surface area (TPSA) is 68.8 Å². The lowest BCUT2D eigenvalue weighted by molar-refractivity contribution is -0.0392. The Balaban J connectivity index is 1.50. The van der Waals surface area contributed by atoms with Gasteiger partial charge in [0.25, 0.3) is 0 Å². The number of fused-ring (bicyclic) bond motifs is 1. The fourth-order valence-corrected chi connectivity index (χ4v) is 2.89. The van der Waals surface area contributed by atoms with Crippen LogP contribution in [0, 0.1) is 0 Å². The number of hydrogen-bond acceptors (Lipinski definition) is 4. The third-order valence-corrected chi connectivity index (χ3v) is 3.97. The third-order valence-electron chi connectivity index (χ3n) is 3.97. The highest BCUT2D eigenvalue weighted by molar-refractivity contribution is 5.74. The van der Waals surface area contributed by atoms with E-state index in [0.29, 0.717) is 26.4 Å². The van der Waals surface area contributed by atoms with Crippen LogP contribution in [0.25, 0.3) is 0 Å². The van der Waals surface area contributed by atoms with Gasteiger partial charge in [0.1, 0.15) is 18.3 Å². The molecule has 2 saturated heterocycles. The molecule has 2 aliphatic heterocycles. The Bertz CT molecular complexity index is 496. The van der Waals surface area contributed by atoms with Gasteiger partial charge >= 0.3 is 6.03 Å². The van der Waals surface area contributed by atoms with Gasteiger partial charge in [-0.1, -0.05) is 30.3 Å². The van der Waals surface area contributed by atoms with Gasteiger partial charge in [0, 0.05) is 6.54 Å². The van der Waals surface area contributed by atoms with Crippen molar-refractivity contribution in [2.24, 2.45) is 0 Å². The average Bonchev–Trinajstić information content (AvgIpc) is 3.10. The maximum atomic E-state index is 11.6. The molecular formula is C16H22N2O4. The van der Waals surface area contributed by atoms with E-state index in [4.69, 9.17) is 14.2 Å². The highest BCUT2D eigenvalue weighted by Gasteiger charge is 2.48. The van der Waals surface area contributed by atoms with Crippen LogP contribution in [0.3, 0.4) is 0 Å². The number of nitrogens with one attached hydrogen (secondary N) is 2. The first-order valence-electron chi connectivity index (χ1n) is 7.71. The van der Waals surface area contributed by atoms with Crippen LogP contribution in [0.2, 0.25) is 0 Å². The summed E-state index contributed by atoms with van der Waals surface area (Å²) in [5.74, 6) is 0. The molecule has 2 aliphatic rings. The smallest absolute Gasteiger partial charge is 0.315 e. The predicted molar refractivity (Wildman–Crippen MR) is 80.5 cm³/mol. The molecular weight excluding hydrogens is 284 g/mol. The van der Waals surface area contributed by atoms with E-state index >= 15 is 0 Å². The maximum Gasteiger partial charge on any atom is 0.315 e. The summed E-state index contributed by atoms with van der Waals surface area (Å²) < 4.78 is 17.5. The highest BCUT2D eigenvalue weighted by Crippen LogP contribution is 2.29. The molecule has 2 N–H and O–H groups in total. The molecule has 0 aliphatic carbocycles. The summed E-state index contributed by atoms with van der Waals surface area (Å²) in [5.41, 5.74) is 1.13. The first kappa shape index (κ1) is 15.3. The number of carbonyl (C=O) groups excluding carboxylic acids is 1. The molecule has 1 aromatic carbocycles. The summed E-state index contributed by atoms with van der Waals surface area (Å²) in [7, 11) is 0. The van der Waals surface area contributed by atoms with Crippen molar-refractivity contribution in [2.45, 2.75) is 37.9 Å². The van der Waals surface area contributed by atoms with Gasteiger partial charge in [0.05, 0.1) is 25.9 Å². The molecule has 0 aromatic heterocycles. The predicted octanol–water partition coefficient (Wildman–Crippen LogP) is 1.06. The van der Waals surface area contributed by atoms with E-state index in [1.807, 2.05) is 37.3 Å². The molecule has 0 bridgehead atoms. The zero-order chi connectivity index (χ0) is 15.4. The number of benzene rings is 1. The molecule has 0 saturated carbocycles. The Labute approximate surface area is 130 Å². The van der Waals surface area contributed by atoms with Crippen LogP contribution >= 0.6 is 0 Å². The second kappa shape index (κ2) is 7.09. The first-order valence-corrected chi connectivity index (χ1v) is 7.71. The number of hydrogen-bond donors (Lipinski definition) is 2. The van der Waals surface area contributed by atoms with Crippen molar-refractivity contribution in [3.8, 4) is 0 Å². The van der Waals surface area contributed by atoms with Crippen molar-refractivity contribution < 1.29 is 19.0 Å². The van der Waals surface area contributed by atoms with E-state index in [1.165, 1.54) is 0 Å². The Morgan fingerprint density at radius 3 is 2.77 bits per heavy atom. The van der Waals surface area contributed by atoms with Crippen molar-refractivity contribution in [1.29, 1.82) is 0 Å². The average molecular weight is 306 g/mol. The fraction of sp³-hybridized carbons (Fsp3) is 0.562. The molecule has 120 valence electrons. The van der Waals surface area contributed by atoms with Crippen LogP contribution in [-0.4, -0.2) is 50.1 Å². The van der Waals surface area contributed by atoms with Crippen molar-refractivity contribution >= 4 is 6.03 Å². The van der Waals surface area contributed by atoms with Crippen LogP contribution in [0.4, 0.5) is 4.79 Å². The van der Waals surface area contributed by atoms with Gasteiger partial charge in [-0.2, -0.15) is 0 Å². The molecule has 4 unspecified atom stereocenters. The number of urea groups is 1. The summed E-state index contributed by atoms with van der Waals surface area (Å²) in [6.07, 6.45) is -0.342. The van der Waals surface area contributed by atoms with E-state index in [2.05, 4.69) is 10.6 Å². The van der Waals surface area contributed by atoms with Gasteiger partial charge in [-0.15, -0.1) is 0 Å². The van der Waals surface area contributed by atoms with Crippen molar-refractivity contribution in [2.75, 3.05) is 19.8 Å². The van der Waals surface area contributed by atoms with Crippen LogP contribution in [0.1, 0.15) is 12.5 Å².